The molecule has 6 nitrogen and oxygen atoms in total. The van der Waals surface area contributed by atoms with Crippen molar-refractivity contribution in [2.24, 2.45) is 0 Å². The molecule has 0 aliphatic rings. The molecule has 11 heteroatoms. The maximum Gasteiger partial charge on any atom is 0.263 e. The molecule has 3 aromatic rings. The second kappa shape index (κ2) is 8.19. The summed E-state index contributed by atoms with van der Waals surface area (Å²) in [6, 6.07) is 9.37. The maximum atomic E-state index is 13.7. The molecule has 27 heavy (non-hydrogen) atoms. The van der Waals surface area contributed by atoms with E-state index in [2.05, 4.69) is 14.9 Å². The summed E-state index contributed by atoms with van der Waals surface area (Å²) in [4.78, 5) is -0.253. The Morgan fingerprint density at radius 2 is 1.89 bits per heavy atom. The van der Waals surface area contributed by atoms with Crippen LogP contribution in [0, 0.1) is 11.6 Å². The number of aromatic nitrogens is 2. The largest absolute Gasteiger partial charge is 0.494 e. The van der Waals surface area contributed by atoms with Gasteiger partial charge in [0.1, 0.15) is 5.82 Å². The van der Waals surface area contributed by atoms with Gasteiger partial charge in [-0.25, -0.2) is 17.2 Å². The van der Waals surface area contributed by atoms with E-state index in [4.69, 9.17) is 4.74 Å². The van der Waals surface area contributed by atoms with E-state index in [1.807, 2.05) is 0 Å². The summed E-state index contributed by atoms with van der Waals surface area (Å²) in [5, 5.41) is 7.76. The van der Waals surface area contributed by atoms with Crippen LogP contribution in [0.1, 0.15) is 5.56 Å². The fraction of sp³-hybridized carbons (Fsp3) is 0.125. The predicted octanol–water partition coefficient (Wildman–Crippen LogP) is 3.92. The SMILES string of the molecule is COc1ccc(S(=O)(=O)Nc2nnc(SCc3ccc(F)cc3)s2)cc1F. The van der Waals surface area contributed by atoms with Gasteiger partial charge >= 0.3 is 0 Å². The molecule has 0 amide bonds. The molecule has 142 valence electrons. The number of ether oxygens (including phenoxy) is 1. The van der Waals surface area contributed by atoms with Gasteiger partial charge in [-0.15, -0.1) is 10.2 Å². The summed E-state index contributed by atoms with van der Waals surface area (Å²) in [7, 11) is -2.72. The Kier molecular flexibility index (Phi) is 5.92. The zero-order valence-electron chi connectivity index (χ0n) is 13.8. The quantitative estimate of drug-likeness (QED) is 0.574. The van der Waals surface area contributed by atoms with Crippen molar-refractivity contribution in [1.29, 1.82) is 0 Å². The van der Waals surface area contributed by atoms with Crippen LogP contribution in [0.2, 0.25) is 0 Å². The topological polar surface area (TPSA) is 81.2 Å². The normalized spacial score (nSPS) is 11.4. The first-order valence-corrected chi connectivity index (χ1v) is 10.7. The molecule has 1 aromatic heterocycles. The van der Waals surface area contributed by atoms with E-state index >= 15 is 0 Å². The Labute approximate surface area is 162 Å². The Balaban J connectivity index is 1.67. The molecule has 0 aliphatic carbocycles. The number of rotatable bonds is 7. The average Bonchev–Trinajstić information content (AvgIpc) is 3.08. The van der Waals surface area contributed by atoms with Crippen LogP contribution in [-0.4, -0.2) is 25.7 Å². The Morgan fingerprint density at radius 1 is 1.15 bits per heavy atom. The van der Waals surface area contributed by atoms with E-state index < -0.39 is 15.8 Å². The number of anilines is 1. The monoisotopic (exact) mass is 429 g/mol. The van der Waals surface area contributed by atoms with Crippen molar-refractivity contribution in [3.8, 4) is 5.75 Å². The van der Waals surface area contributed by atoms with E-state index in [9.17, 15) is 17.2 Å². The van der Waals surface area contributed by atoms with Crippen LogP contribution in [0.3, 0.4) is 0 Å². The molecule has 0 radical (unpaired) electrons. The van der Waals surface area contributed by atoms with Gasteiger partial charge in [0, 0.05) is 5.75 Å². The highest BCUT2D eigenvalue weighted by Gasteiger charge is 2.19. The first kappa shape index (κ1) is 19.5. The van der Waals surface area contributed by atoms with Crippen molar-refractivity contribution < 1.29 is 21.9 Å². The number of sulfonamides is 1. The van der Waals surface area contributed by atoms with Crippen molar-refractivity contribution in [2.45, 2.75) is 15.0 Å². The van der Waals surface area contributed by atoms with Gasteiger partial charge in [0.25, 0.3) is 10.0 Å². The molecule has 0 spiro atoms. The summed E-state index contributed by atoms with van der Waals surface area (Å²) in [6.45, 7) is 0. The first-order chi connectivity index (χ1) is 12.9. The number of nitrogens with zero attached hydrogens (tertiary/aromatic N) is 2. The van der Waals surface area contributed by atoms with Crippen molar-refractivity contribution in [3.05, 3.63) is 59.7 Å². The van der Waals surface area contributed by atoms with Crippen LogP contribution in [-0.2, 0) is 15.8 Å². The summed E-state index contributed by atoms with van der Waals surface area (Å²) < 4.78 is 58.9. The lowest BCUT2D eigenvalue weighted by Crippen LogP contribution is -2.13. The molecule has 0 saturated carbocycles. The van der Waals surface area contributed by atoms with Crippen LogP contribution in [0.25, 0.3) is 0 Å². The number of halogens is 2. The number of benzene rings is 2. The van der Waals surface area contributed by atoms with Gasteiger partial charge < -0.3 is 4.74 Å². The Morgan fingerprint density at radius 3 is 2.56 bits per heavy atom. The smallest absolute Gasteiger partial charge is 0.263 e. The van der Waals surface area contributed by atoms with Crippen molar-refractivity contribution in [2.75, 3.05) is 11.8 Å². The fourth-order valence-electron chi connectivity index (χ4n) is 2.02. The van der Waals surface area contributed by atoms with Crippen LogP contribution >= 0.6 is 23.1 Å². The molecule has 0 atom stereocenters. The van der Waals surface area contributed by atoms with Crippen molar-refractivity contribution in [1.82, 2.24) is 10.2 Å². The zero-order valence-corrected chi connectivity index (χ0v) is 16.3. The number of hydrogen-bond donors (Lipinski definition) is 1. The van der Waals surface area contributed by atoms with E-state index in [0.717, 1.165) is 23.0 Å². The van der Waals surface area contributed by atoms with E-state index in [1.165, 1.54) is 43.1 Å². The molecule has 3 rings (SSSR count). The summed E-state index contributed by atoms with van der Waals surface area (Å²) >= 11 is 2.39. The minimum absolute atomic E-state index is 0.0515. The molecule has 0 unspecified atom stereocenters. The summed E-state index contributed by atoms with van der Waals surface area (Å²) in [5.41, 5.74) is 0.896. The van der Waals surface area contributed by atoms with E-state index in [0.29, 0.717) is 10.1 Å². The second-order valence-electron chi connectivity index (χ2n) is 5.19. The van der Waals surface area contributed by atoms with Crippen molar-refractivity contribution in [3.63, 3.8) is 0 Å². The lowest BCUT2D eigenvalue weighted by Gasteiger charge is -2.06. The van der Waals surface area contributed by atoms with Gasteiger partial charge in [-0.05, 0) is 35.9 Å². The minimum Gasteiger partial charge on any atom is -0.494 e. The van der Waals surface area contributed by atoms with Crippen LogP contribution < -0.4 is 9.46 Å². The van der Waals surface area contributed by atoms with Crippen molar-refractivity contribution >= 4 is 38.3 Å². The molecule has 0 saturated heterocycles. The summed E-state index contributed by atoms with van der Waals surface area (Å²) in [6.07, 6.45) is 0. The van der Waals surface area contributed by atoms with Crippen LogP contribution in [0.15, 0.2) is 51.7 Å². The standard InChI is InChI=1S/C16H13F2N3O3S3/c1-24-14-7-6-12(8-13(14)18)27(22,23)21-15-19-20-16(26-15)25-9-10-2-4-11(17)5-3-10/h2-8H,9H2,1H3,(H,19,21). The van der Waals surface area contributed by atoms with Gasteiger partial charge in [0.05, 0.1) is 12.0 Å². The van der Waals surface area contributed by atoms with Gasteiger partial charge in [0.15, 0.2) is 15.9 Å². The number of thioether (sulfide) groups is 1. The molecule has 0 bridgehead atoms. The lowest BCUT2D eigenvalue weighted by atomic mass is 10.2. The highest BCUT2D eigenvalue weighted by Crippen LogP contribution is 2.30. The first-order valence-electron chi connectivity index (χ1n) is 7.44. The molecule has 0 fully saturated rings. The molecule has 1 heterocycles. The third kappa shape index (κ3) is 4.93. The zero-order chi connectivity index (χ0) is 19.4. The average molecular weight is 429 g/mol. The lowest BCUT2D eigenvalue weighted by molar-refractivity contribution is 0.385. The van der Waals surface area contributed by atoms with Gasteiger partial charge in [0.2, 0.25) is 5.13 Å². The summed E-state index contributed by atoms with van der Waals surface area (Å²) in [5.74, 6) is -0.616. The number of hydrogen-bond acceptors (Lipinski definition) is 7. The van der Waals surface area contributed by atoms with Crippen LogP contribution in [0.4, 0.5) is 13.9 Å². The highest BCUT2D eigenvalue weighted by molar-refractivity contribution is 8.00. The maximum absolute atomic E-state index is 13.7. The fourth-order valence-corrected chi connectivity index (χ4v) is 4.97. The molecular weight excluding hydrogens is 416 g/mol. The third-order valence-electron chi connectivity index (χ3n) is 3.34. The molecule has 1 N–H and O–H groups in total. The van der Waals surface area contributed by atoms with E-state index in [-0.39, 0.29) is 21.6 Å². The van der Waals surface area contributed by atoms with Gasteiger partial charge in [-0.1, -0.05) is 35.2 Å². The molecular formula is C16H13F2N3O3S3. The van der Waals surface area contributed by atoms with Gasteiger partial charge in [-0.2, -0.15) is 0 Å². The molecule has 0 aliphatic heterocycles. The highest BCUT2D eigenvalue weighted by atomic mass is 32.2. The Hall–Kier alpha value is -2.24. The second-order valence-corrected chi connectivity index (χ2v) is 9.07. The number of nitrogens with one attached hydrogen (secondary N) is 1. The van der Waals surface area contributed by atoms with E-state index in [1.54, 1.807) is 12.1 Å². The van der Waals surface area contributed by atoms with Crippen LogP contribution in [0.5, 0.6) is 5.75 Å². The number of methoxy groups -OCH3 is 1. The van der Waals surface area contributed by atoms with Gasteiger partial charge in [-0.3, -0.25) is 4.72 Å². The minimum atomic E-state index is -4.01. The molecule has 2 aromatic carbocycles. The predicted molar refractivity (Wildman–Crippen MR) is 99.6 cm³/mol. The third-order valence-corrected chi connectivity index (χ3v) is 6.85. The Bertz CT molecular complexity index is 1040.